The quantitative estimate of drug-likeness (QED) is 0.354. The van der Waals surface area contributed by atoms with Gasteiger partial charge in [0.05, 0.1) is 22.1 Å². The maximum absolute atomic E-state index is 14.6. The third kappa shape index (κ3) is 3.88. The molecule has 2 aromatic heterocycles. The van der Waals surface area contributed by atoms with Crippen molar-refractivity contribution in [3.63, 3.8) is 0 Å². The van der Waals surface area contributed by atoms with Crippen LogP contribution in [0.1, 0.15) is 18.2 Å². The smallest absolute Gasteiger partial charge is 0.414 e. The molecule has 0 saturated carbocycles. The van der Waals surface area contributed by atoms with Gasteiger partial charge in [-0.25, -0.2) is 24.2 Å². The summed E-state index contributed by atoms with van der Waals surface area (Å²) in [6.07, 6.45) is -0.763. The molecule has 0 spiro atoms. The molecule has 0 unspecified atom stereocenters. The minimum Gasteiger partial charge on any atom is -0.465 e. The van der Waals surface area contributed by atoms with Crippen molar-refractivity contribution in [2.45, 2.75) is 13.3 Å². The van der Waals surface area contributed by atoms with E-state index in [9.17, 15) is 19.1 Å². The second-order valence-electron chi connectivity index (χ2n) is 7.89. The molecular weight excluding hydrogens is 437 g/mol. The molecule has 9 heteroatoms. The third-order valence-corrected chi connectivity index (χ3v) is 5.71. The number of carboxylic acid groups (broad SMARTS) is 1. The number of halogens is 1. The maximum atomic E-state index is 14.6. The highest BCUT2D eigenvalue weighted by atomic mass is 19.1. The molecule has 0 aliphatic heterocycles. The first-order valence-electron chi connectivity index (χ1n) is 10.7. The normalized spacial score (nSPS) is 11.2. The van der Waals surface area contributed by atoms with Crippen molar-refractivity contribution >= 4 is 33.8 Å². The van der Waals surface area contributed by atoms with Gasteiger partial charge >= 0.3 is 6.09 Å². The molecule has 0 aliphatic rings. The Morgan fingerprint density at radius 2 is 1.85 bits per heavy atom. The molecule has 8 nitrogen and oxygen atoms in total. The molecule has 0 atom stereocenters. The first kappa shape index (κ1) is 21.3. The van der Waals surface area contributed by atoms with Crippen molar-refractivity contribution in [3.05, 3.63) is 88.1 Å². The molecule has 0 radical (unpaired) electrons. The molecule has 0 fully saturated rings. The zero-order valence-corrected chi connectivity index (χ0v) is 18.2. The molecular formula is C25H20FN5O3. The molecule has 0 bridgehead atoms. The number of aromatic nitrogens is 4. The van der Waals surface area contributed by atoms with Crippen LogP contribution >= 0.6 is 0 Å². The van der Waals surface area contributed by atoms with Crippen LogP contribution in [0.4, 0.5) is 15.1 Å². The highest BCUT2D eigenvalue weighted by Crippen LogP contribution is 2.28. The van der Waals surface area contributed by atoms with Crippen LogP contribution in [0, 0.1) is 5.82 Å². The van der Waals surface area contributed by atoms with E-state index >= 15 is 0 Å². The fourth-order valence-electron chi connectivity index (χ4n) is 4.09. The molecule has 170 valence electrons. The average Bonchev–Trinajstić information content (AvgIpc) is 3.23. The van der Waals surface area contributed by atoms with Crippen molar-refractivity contribution in [3.8, 4) is 11.1 Å². The summed E-state index contributed by atoms with van der Waals surface area (Å²) in [5.74, 6) is -0.162. The van der Waals surface area contributed by atoms with Gasteiger partial charge in [0, 0.05) is 18.4 Å². The minimum atomic E-state index is -1.10. The van der Waals surface area contributed by atoms with E-state index in [4.69, 9.17) is 0 Å². The molecule has 0 aliphatic carbocycles. The standard InChI is InChI=1S/C25H20FN5O3/c1-2-31(25(33)34)24-27-20-8-7-15(13-22(20)28-24)16-9-14(10-17(26)12-16)11-21-18-5-3-4-6-19(18)23(32)30-29-21/h3-10,12-13H,2,11H2,1H3,(H,27,28)(H,30,32)(H,33,34). The van der Waals surface area contributed by atoms with Crippen molar-refractivity contribution < 1.29 is 14.3 Å². The third-order valence-electron chi connectivity index (χ3n) is 5.71. The highest BCUT2D eigenvalue weighted by Gasteiger charge is 2.17. The molecule has 3 N–H and O–H groups in total. The second kappa shape index (κ2) is 8.43. The Hall–Kier alpha value is -4.53. The lowest BCUT2D eigenvalue weighted by Crippen LogP contribution is -2.29. The summed E-state index contributed by atoms with van der Waals surface area (Å²) in [5, 5.41) is 17.3. The number of aromatic amines is 2. The fourth-order valence-corrected chi connectivity index (χ4v) is 4.09. The van der Waals surface area contributed by atoms with Crippen LogP contribution in [0.15, 0.2) is 65.5 Å². The lowest BCUT2D eigenvalue weighted by atomic mass is 9.99. The Bertz CT molecular complexity index is 1610. The molecule has 0 saturated heterocycles. The second-order valence-corrected chi connectivity index (χ2v) is 7.89. The van der Waals surface area contributed by atoms with Crippen molar-refractivity contribution in [2.75, 3.05) is 11.4 Å². The highest BCUT2D eigenvalue weighted by molar-refractivity contribution is 5.89. The molecule has 34 heavy (non-hydrogen) atoms. The number of fused-ring (bicyclic) bond motifs is 2. The number of hydrogen-bond donors (Lipinski definition) is 3. The van der Waals surface area contributed by atoms with Crippen LogP contribution in [0.3, 0.4) is 0 Å². The van der Waals surface area contributed by atoms with Gasteiger partial charge in [0.1, 0.15) is 5.82 Å². The van der Waals surface area contributed by atoms with E-state index in [-0.39, 0.29) is 18.1 Å². The van der Waals surface area contributed by atoms with Gasteiger partial charge in [0.25, 0.3) is 5.56 Å². The number of hydrogen-bond acceptors (Lipinski definition) is 4. The van der Waals surface area contributed by atoms with Gasteiger partial charge in [-0.3, -0.25) is 4.79 Å². The zero-order chi connectivity index (χ0) is 23.8. The van der Waals surface area contributed by atoms with Crippen LogP contribution in [0.5, 0.6) is 0 Å². The summed E-state index contributed by atoms with van der Waals surface area (Å²) >= 11 is 0. The lowest BCUT2D eigenvalue weighted by molar-refractivity contribution is 0.202. The number of imidazole rings is 1. The van der Waals surface area contributed by atoms with E-state index in [1.165, 1.54) is 12.1 Å². The van der Waals surface area contributed by atoms with Gasteiger partial charge in [0.15, 0.2) is 0 Å². The summed E-state index contributed by atoms with van der Waals surface area (Å²) in [4.78, 5) is 32.0. The first-order chi connectivity index (χ1) is 16.4. The van der Waals surface area contributed by atoms with Gasteiger partial charge in [-0.05, 0) is 53.9 Å². The fraction of sp³-hybridized carbons (Fsp3) is 0.120. The summed E-state index contributed by atoms with van der Waals surface area (Å²) in [6.45, 7) is 1.98. The predicted molar refractivity (Wildman–Crippen MR) is 128 cm³/mol. The lowest BCUT2D eigenvalue weighted by Gasteiger charge is -2.12. The molecule has 3 aromatic carbocycles. The van der Waals surface area contributed by atoms with Crippen LogP contribution in [-0.2, 0) is 6.42 Å². The largest absolute Gasteiger partial charge is 0.465 e. The van der Waals surface area contributed by atoms with Crippen molar-refractivity contribution in [1.82, 2.24) is 20.2 Å². The van der Waals surface area contributed by atoms with Crippen LogP contribution in [0.25, 0.3) is 32.9 Å². The van der Waals surface area contributed by atoms with E-state index in [1.54, 1.807) is 31.2 Å². The van der Waals surface area contributed by atoms with E-state index in [1.807, 2.05) is 24.3 Å². The van der Waals surface area contributed by atoms with Crippen LogP contribution in [0.2, 0.25) is 0 Å². The molecule has 5 aromatic rings. The number of benzene rings is 3. The van der Waals surface area contributed by atoms with E-state index in [0.29, 0.717) is 39.7 Å². The summed E-state index contributed by atoms with van der Waals surface area (Å²) in [5.41, 5.74) is 3.73. The molecule has 1 amide bonds. The van der Waals surface area contributed by atoms with Gasteiger partial charge < -0.3 is 10.1 Å². The Labute approximate surface area is 192 Å². The van der Waals surface area contributed by atoms with Gasteiger partial charge in [-0.2, -0.15) is 5.10 Å². The number of carbonyl (C=O) groups is 1. The Kier molecular flexibility index (Phi) is 5.29. The summed E-state index contributed by atoms with van der Waals surface area (Å²) in [7, 11) is 0. The SMILES string of the molecule is CCN(C(=O)O)c1nc2cc(-c3cc(F)cc(Cc4n[nH]c(=O)c5ccccc45)c3)ccc2[nH]1. The van der Waals surface area contributed by atoms with Gasteiger partial charge in [-0.15, -0.1) is 0 Å². The number of anilines is 1. The monoisotopic (exact) mass is 457 g/mol. The van der Waals surface area contributed by atoms with Crippen LogP contribution < -0.4 is 10.5 Å². The van der Waals surface area contributed by atoms with Crippen molar-refractivity contribution in [2.24, 2.45) is 0 Å². The van der Waals surface area contributed by atoms with E-state index in [2.05, 4.69) is 20.2 Å². The number of nitrogens with zero attached hydrogens (tertiary/aromatic N) is 3. The average molecular weight is 457 g/mol. The predicted octanol–water partition coefficient (Wildman–Crippen LogP) is 4.70. The van der Waals surface area contributed by atoms with Crippen LogP contribution in [-0.4, -0.2) is 37.9 Å². The van der Waals surface area contributed by atoms with Crippen molar-refractivity contribution in [1.29, 1.82) is 0 Å². The molecule has 5 rings (SSSR count). The molecule has 2 heterocycles. The van der Waals surface area contributed by atoms with E-state index in [0.717, 1.165) is 15.8 Å². The minimum absolute atomic E-state index is 0.234. The Morgan fingerprint density at radius 1 is 1.06 bits per heavy atom. The number of rotatable bonds is 5. The van der Waals surface area contributed by atoms with E-state index < -0.39 is 11.9 Å². The first-order valence-corrected chi connectivity index (χ1v) is 10.7. The number of H-pyrrole nitrogens is 2. The van der Waals surface area contributed by atoms with Gasteiger partial charge in [0.2, 0.25) is 5.95 Å². The maximum Gasteiger partial charge on any atom is 0.414 e. The number of amides is 1. The number of nitrogens with one attached hydrogen (secondary N) is 2. The zero-order valence-electron chi connectivity index (χ0n) is 18.2. The summed E-state index contributed by atoms with van der Waals surface area (Å²) < 4.78 is 14.6. The Balaban J connectivity index is 1.52. The van der Waals surface area contributed by atoms with Gasteiger partial charge in [-0.1, -0.05) is 30.3 Å². The Morgan fingerprint density at radius 3 is 2.62 bits per heavy atom. The summed E-state index contributed by atoms with van der Waals surface area (Å²) in [6, 6.07) is 17.3. The topological polar surface area (TPSA) is 115 Å².